The predicted octanol–water partition coefficient (Wildman–Crippen LogP) is 3.36. The maximum Gasteiger partial charge on any atom is 0.324 e. The Balaban J connectivity index is 1.36. The molecule has 2 aliphatic rings. The summed E-state index contributed by atoms with van der Waals surface area (Å²) in [5.41, 5.74) is 3.18. The van der Waals surface area contributed by atoms with Crippen LogP contribution in [0.15, 0.2) is 35.1 Å². The fraction of sp³-hybridized carbons (Fsp3) is 0.389. The van der Waals surface area contributed by atoms with Crippen molar-refractivity contribution >= 4 is 6.01 Å². The van der Waals surface area contributed by atoms with Crippen molar-refractivity contribution in [3.63, 3.8) is 0 Å². The normalized spacial score (nSPS) is 17.4. The van der Waals surface area contributed by atoms with E-state index in [0.29, 0.717) is 24.4 Å². The highest BCUT2D eigenvalue weighted by Gasteiger charge is 2.28. The number of hydrogen-bond acceptors (Lipinski definition) is 5. The summed E-state index contributed by atoms with van der Waals surface area (Å²) in [7, 11) is 0. The number of anilines is 1. The van der Waals surface area contributed by atoms with Gasteiger partial charge in [0.25, 0.3) is 0 Å². The lowest BCUT2D eigenvalue weighted by Gasteiger charge is -2.31. The largest absolute Gasteiger partial charge is 0.331 e. The molecule has 0 radical (unpaired) electrons. The number of imidazole rings is 1. The summed E-state index contributed by atoms with van der Waals surface area (Å²) in [4.78, 5) is 11.1. The molecular formula is C18H18FN5O. The number of fused-ring (bicyclic) bond motifs is 1. The Bertz CT molecular complexity index is 897. The predicted molar refractivity (Wildman–Crippen MR) is 89.6 cm³/mol. The van der Waals surface area contributed by atoms with Crippen LogP contribution in [0.2, 0.25) is 0 Å². The van der Waals surface area contributed by atoms with Crippen molar-refractivity contribution in [1.29, 1.82) is 0 Å². The number of benzene rings is 1. The van der Waals surface area contributed by atoms with Crippen LogP contribution in [-0.4, -0.2) is 26.2 Å². The quantitative estimate of drug-likeness (QED) is 0.732. The zero-order valence-electron chi connectivity index (χ0n) is 13.7. The minimum absolute atomic E-state index is 0.280. The maximum atomic E-state index is 13.0. The van der Waals surface area contributed by atoms with Gasteiger partial charge in [0, 0.05) is 30.3 Å². The van der Waals surface area contributed by atoms with Crippen LogP contribution < -0.4 is 4.90 Å². The SMILES string of the molecule is Fc1ccc(-c2noc(N3CCc4c(ncn4C4CCC4)C3)n2)cc1. The van der Waals surface area contributed by atoms with Gasteiger partial charge in [-0.15, -0.1) is 0 Å². The molecule has 1 aromatic carbocycles. The third-order valence-corrected chi connectivity index (χ3v) is 5.20. The Morgan fingerprint density at radius 3 is 2.76 bits per heavy atom. The Morgan fingerprint density at radius 1 is 1.16 bits per heavy atom. The molecule has 0 bridgehead atoms. The van der Waals surface area contributed by atoms with E-state index in [0.717, 1.165) is 24.2 Å². The highest BCUT2D eigenvalue weighted by Crippen LogP contribution is 2.35. The molecule has 1 aliphatic heterocycles. The molecule has 6 nitrogen and oxygen atoms in total. The molecule has 0 spiro atoms. The molecule has 5 rings (SSSR count). The van der Waals surface area contributed by atoms with Gasteiger partial charge >= 0.3 is 6.01 Å². The standard InChI is InChI=1S/C18H18FN5O/c19-13-6-4-12(5-7-13)17-21-18(25-22-17)23-9-8-16-15(10-23)20-11-24(16)14-2-1-3-14/h4-7,11,14H,1-3,8-10H2. The lowest BCUT2D eigenvalue weighted by molar-refractivity contribution is 0.305. The van der Waals surface area contributed by atoms with Crippen LogP contribution in [0.25, 0.3) is 11.4 Å². The third kappa shape index (κ3) is 2.50. The summed E-state index contributed by atoms with van der Waals surface area (Å²) >= 11 is 0. The smallest absolute Gasteiger partial charge is 0.324 e. The van der Waals surface area contributed by atoms with Gasteiger partial charge in [-0.05, 0) is 43.5 Å². The zero-order valence-corrected chi connectivity index (χ0v) is 13.7. The second-order valence-corrected chi connectivity index (χ2v) is 6.71. The number of nitrogens with zero attached hydrogens (tertiary/aromatic N) is 5. The third-order valence-electron chi connectivity index (χ3n) is 5.20. The van der Waals surface area contributed by atoms with Gasteiger partial charge < -0.3 is 14.0 Å². The first kappa shape index (κ1) is 14.6. The number of hydrogen-bond donors (Lipinski definition) is 0. The minimum Gasteiger partial charge on any atom is -0.331 e. The molecule has 2 aromatic heterocycles. The average Bonchev–Trinajstić information content (AvgIpc) is 3.21. The van der Waals surface area contributed by atoms with Gasteiger partial charge in [-0.1, -0.05) is 5.16 Å². The number of aromatic nitrogens is 4. The van der Waals surface area contributed by atoms with Crippen LogP contribution in [0.3, 0.4) is 0 Å². The lowest BCUT2D eigenvalue weighted by atomic mass is 9.92. The van der Waals surface area contributed by atoms with Crippen molar-refractivity contribution in [3.05, 3.63) is 47.8 Å². The zero-order chi connectivity index (χ0) is 16.8. The summed E-state index contributed by atoms with van der Waals surface area (Å²) in [6.07, 6.45) is 6.75. The first-order valence-electron chi connectivity index (χ1n) is 8.67. The molecule has 0 unspecified atom stereocenters. The molecule has 128 valence electrons. The van der Waals surface area contributed by atoms with Crippen LogP contribution in [-0.2, 0) is 13.0 Å². The van der Waals surface area contributed by atoms with Gasteiger partial charge in [0.1, 0.15) is 5.82 Å². The fourth-order valence-electron chi connectivity index (χ4n) is 3.53. The van der Waals surface area contributed by atoms with Gasteiger partial charge in [-0.3, -0.25) is 0 Å². The highest BCUT2D eigenvalue weighted by atomic mass is 19.1. The Hall–Kier alpha value is -2.70. The summed E-state index contributed by atoms with van der Waals surface area (Å²) in [5, 5.41) is 4.03. The first-order chi connectivity index (χ1) is 12.3. The van der Waals surface area contributed by atoms with E-state index in [1.54, 1.807) is 12.1 Å². The molecule has 0 N–H and O–H groups in total. The van der Waals surface area contributed by atoms with Crippen molar-refractivity contribution in [2.45, 2.75) is 38.3 Å². The van der Waals surface area contributed by atoms with Gasteiger partial charge in [0.2, 0.25) is 5.82 Å². The van der Waals surface area contributed by atoms with E-state index in [1.807, 2.05) is 6.33 Å². The lowest BCUT2D eigenvalue weighted by Crippen LogP contribution is -2.32. The maximum absolute atomic E-state index is 13.0. The Kier molecular flexibility index (Phi) is 3.33. The summed E-state index contributed by atoms with van der Waals surface area (Å²) in [6.45, 7) is 1.51. The molecule has 1 aliphatic carbocycles. The molecule has 0 amide bonds. The van der Waals surface area contributed by atoms with E-state index >= 15 is 0 Å². The van der Waals surface area contributed by atoms with Crippen LogP contribution >= 0.6 is 0 Å². The summed E-state index contributed by atoms with van der Waals surface area (Å²) < 4.78 is 20.8. The monoisotopic (exact) mass is 339 g/mol. The van der Waals surface area contributed by atoms with Crippen molar-refractivity contribution < 1.29 is 8.91 Å². The van der Waals surface area contributed by atoms with E-state index in [1.165, 1.54) is 37.1 Å². The molecule has 3 heterocycles. The fourth-order valence-corrected chi connectivity index (χ4v) is 3.53. The Morgan fingerprint density at radius 2 is 2.00 bits per heavy atom. The minimum atomic E-state index is -0.280. The molecular weight excluding hydrogens is 321 g/mol. The second kappa shape index (κ2) is 5.68. The Labute approximate surface area is 144 Å². The molecule has 0 atom stereocenters. The molecule has 25 heavy (non-hydrogen) atoms. The van der Waals surface area contributed by atoms with E-state index < -0.39 is 0 Å². The van der Waals surface area contributed by atoms with Crippen LogP contribution in [0.4, 0.5) is 10.4 Å². The molecule has 7 heteroatoms. The van der Waals surface area contributed by atoms with Crippen molar-refractivity contribution in [3.8, 4) is 11.4 Å². The highest BCUT2D eigenvalue weighted by molar-refractivity contribution is 5.55. The first-order valence-corrected chi connectivity index (χ1v) is 8.67. The van der Waals surface area contributed by atoms with Gasteiger partial charge in [0.05, 0.1) is 18.6 Å². The molecule has 3 aromatic rings. The number of halogens is 1. The van der Waals surface area contributed by atoms with Gasteiger partial charge in [0.15, 0.2) is 0 Å². The second-order valence-electron chi connectivity index (χ2n) is 6.71. The van der Waals surface area contributed by atoms with Gasteiger partial charge in [-0.25, -0.2) is 9.37 Å². The topological polar surface area (TPSA) is 60.0 Å². The van der Waals surface area contributed by atoms with Crippen molar-refractivity contribution in [2.24, 2.45) is 0 Å². The van der Waals surface area contributed by atoms with Crippen LogP contribution in [0.5, 0.6) is 0 Å². The summed E-state index contributed by atoms with van der Waals surface area (Å²) in [6, 6.07) is 7.22. The van der Waals surface area contributed by atoms with E-state index in [9.17, 15) is 4.39 Å². The van der Waals surface area contributed by atoms with Crippen molar-refractivity contribution in [2.75, 3.05) is 11.4 Å². The van der Waals surface area contributed by atoms with E-state index in [4.69, 9.17) is 4.52 Å². The molecule has 0 saturated heterocycles. The van der Waals surface area contributed by atoms with E-state index in [2.05, 4.69) is 24.6 Å². The molecule has 1 fully saturated rings. The van der Waals surface area contributed by atoms with Crippen LogP contribution in [0.1, 0.15) is 36.7 Å². The van der Waals surface area contributed by atoms with E-state index in [-0.39, 0.29) is 5.82 Å². The van der Waals surface area contributed by atoms with Crippen LogP contribution in [0, 0.1) is 5.82 Å². The number of rotatable bonds is 3. The summed E-state index contributed by atoms with van der Waals surface area (Å²) in [5.74, 6) is 0.193. The van der Waals surface area contributed by atoms with Gasteiger partial charge in [-0.2, -0.15) is 4.98 Å². The average molecular weight is 339 g/mol. The molecule has 1 saturated carbocycles. The van der Waals surface area contributed by atoms with Crippen molar-refractivity contribution in [1.82, 2.24) is 19.7 Å².